The number of fused-ring (bicyclic) bond motifs is 1. The van der Waals surface area contributed by atoms with Gasteiger partial charge in [-0.1, -0.05) is 56.0 Å². The zero-order chi connectivity index (χ0) is 14.8. The summed E-state index contributed by atoms with van der Waals surface area (Å²) in [5.41, 5.74) is 8.42. The van der Waals surface area contributed by atoms with Crippen LogP contribution < -0.4 is 5.73 Å². The second kappa shape index (κ2) is 6.17. The first-order valence-corrected chi connectivity index (χ1v) is 8.13. The number of unbranched alkanes of at least 4 members (excludes halogenated alkanes) is 2. The maximum absolute atomic E-state index is 6.10. The summed E-state index contributed by atoms with van der Waals surface area (Å²) in [6.07, 6.45) is 5.06. The summed E-state index contributed by atoms with van der Waals surface area (Å²) in [7, 11) is 0. The molecule has 0 aliphatic carbocycles. The third-order valence-electron chi connectivity index (χ3n) is 3.78. The van der Waals surface area contributed by atoms with Gasteiger partial charge in [-0.25, -0.2) is 4.98 Å². The molecule has 0 amide bonds. The molecular weight excluding hydrogens is 314 g/mol. The second-order valence-corrected chi connectivity index (χ2v) is 7.23. The Kier molecular flexibility index (Phi) is 4.74. The summed E-state index contributed by atoms with van der Waals surface area (Å²) in [6.45, 7) is 7.78. The van der Waals surface area contributed by atoms with Gasteiger partial charge >= 0.3 is 0 Å². The third kappa shape index (κ3) is 3.54. The summed E-state index contributed by atoms with van der Waals surface area (Å²) >= 11 is 3.48. The SMILES string of the molecule is CCCCCC(C)(C)Cn1c(N)nc2cc(Br)ccc21. The van der Waals surface area contributed by atoms with E-state index in [2.05, 4.69) is 52.3 Å². The minimum atomic E-state index is 0.240. The van der Waals surface area contributed by atoms with Crippen LogP contribution in [0.4, 0.5) is 5.95 Å². The fraction of sp³-hybridized carbons (Fsp3) is 0.562. The molecule has 0 atom stereocenters. The number of halogens is 1. The molecule has 0 unspecified atom stereocenters. The summed E-state index contributed by atoms with van der Waals surface area (Å²) in [4.78, 5) is 4.47. The number of nitrogens with zero attached hydrogens (tertiary/aromatic N) is 2. The van der Waals surface area contributed by atoms with Crippen LogP contribution in [0.5, 0.6) is 0 Å². The molecule has 20 heavy (non-hydrogen) atoms. The van der Waals surface area contributed by atoms with Crippen molar-refractivity contribution in [2.24, 2.45) is 5.41 Å². The molecule has 110 valence electrons. The van der Waals surface area contributed by atoms with Crippen LogP contribution in [0.2, 0.25) is 0 Å². The topological polar surface area (TPSA) is 43.8 Å². The van der Waals surface area contributed by atoms with Gasteiger partial charge in [0.25, 0.3) is 0 Å². The van der Waals surface area contributed by atoms with Crippen LogP contribution in [0.15, 0.2) is 22.7 Å². The number of anilines is 1. The second-order valence-electron chi connectivity index (χ2n) is 6.31. The van der Waals surface area contributed by atoms with E-state index < -0.39 is 0 Å². The monoisotopic (exact) mass is 337 g/mol. The molecule has 3 nitrogen and oxygen atoms in total. The molecule has 0 bridgehead atoms. The normalized spacial score (nSPS) is 12.2. The minimum absolute atomic E-state index is 0.240. The van der Waals surface area contributed by atoms with Gasteiger partial charge in [-0.2, -0.15) is 0 Å². The number of aromatic nitrogens is 2. The smallest absolute Gasteiger partial charge is 0.201 e. The fourth-order valence-corrected chi connectivity index (χ4v) is 3.00. The molecule has 0 aliphatic rings. The first-order valence-electron chi connectivity index (χ1n) is 7.34. The van der Waals surface area contributed by atoms with Gasteiger partial charge in [0, 0.05) is 11.0 Å². The summed E-state index contributed by atoms with van der Waals surface area (Å²) in [5.74, 6) is 0.613. The Hall–Kier alpha value is -1.03. The largest absolute Gasteiger partial charge is 0.369 e. The van der Waals surface area contributed by atoms with Crippen LogP contribution in [0.1, 0.15) is 46.5 Å². The first-order chi connectivity index (χ1) is 9.43. The van der Waals surface area contributed by atoms with E-state index in [9.17, 15) is 0 Å². The van der Waals surface area contributed by atoms with Crippen molar-refractivity contribution in [1.29, 1.82) is 0 Å². The predicted molar refractivity (Wildman–Crippen MR) is 89.8 cm³/mol. The van der Waals surface area contributed by atoms with Crippen molar-refractivity contribution < 1.29 is 0 Å². The number of rotatable bonds is 6. The molecule has 2 N–H and O–H groups in total. The Morgan fingerprint density at radius 3 is 2.75 bits per heavy atom. The lowest BCUT2D eigenvalue weighted by Gasteiger charge is -2.26. The van der Waals surface area contributed by atoms with E-state index in [1.807, 2.05) is 12.1 Å². The maximum atomic E-state index is 6.10. The van der Waals surface area contributed by atoms with Crippen molar-refractivity contribution in [3.63, 3.8) is 0 Å². The summed E-state index contributed by atoms with van der Waals surface area (Å²) in [6, 6.07) is 6.15. The highest BCUT2D eigenvalue weighted by Crippen LogP contribution is 2.30. The molecule has 0 saturated heterocycles. The van der Waals surface area contributed by atoms with E-state index in [0.29, 0.717) is 5.95 Å². The highest BCUT2D eigenvalue weighted by Gasteiger charge is 2.21. The van der Waals surface area contributed by atoms with Gasteiger partial charge in [-0.15, -0.1) is 0 Å². The number of nitrogen functional groups attached to an aromatic ring is 1. The number of nitrogens with two attached hydrogens (primary N) is 1. The van der Waals surface area contributed by atoms with E-state index in [0.717, 1.165) is 22.1 Å². The van der Waals surface area contributed by atoms with Crippen LogP contribution in [-0.2, 0) is 6.54 Å². The highest BCUT2D eigenvalue weighted by atomic mass is 79.9. The summed E-state index contributed by atoms with van der Waals surface area (Å²) < 4.78 is 3.19. The van der Waals surface area contributed by atoms with E-state index in [-0.39, 0.29) is 5.41 Å². The average Bonchev–Trinajstić information content (AvgIpc) is 2.65. The van der Waals surface area contributed by atoms with Crippen molar-refractivity contribution in [2.75, 3.05) is 5.73 Å². The number of imidazole rings is 1. The van der Waals surface area contributed by atoms with Gasteiger partial charge in [0.05, 0.1) is 11.0 Å². The van der Waals surface area contributed by atoms with Gasteiger partial charge in [0.1, 0.15) is 0 Å². The zero-order valence-corrected chi connectivity index (χ0v) is 14.2. The average molecular weight is 338 g/mol. The predicted octanol–water partition coefficient (Wildman–Crippen LogP) is 4.99. The molecular formula is C16H24BrN3. The number of hydrogen-bond donors (Lipinski definition) is 1. The van der Waals surface area contributed by atoms with Crippen molar-refractivity contribution in [3.05, 3.63) is 22.7 Å². The van der Waals surface area contributed by atoms with Crippen molar-refractivity contribution in [3.8, 4) is 0 Å². The first kappa shape index (κ1) is 15.4. The van der Waals surface area contributed by atoms with Crippen LogP contribution in [0.25, 0.3) is 11.0 Å². The van der Waals surface area contributed by atoms with Crippen LogP contribution >= 0.6 is 15.9 Å². The highest BCUT2D eigenvalue weighted by molar-refractivity contribution is 9.10. The van der Waals surface area contributed by atoms with E-state index in [4.69, 9.17) is 5.73 Å². The van der Waals surface area contributed by atoms with Crippen molar-refractivity contribution >= 4 is 32.9 Å². The lowest BCUT2D eigenvalue weighted by atomic mass is 9.86. The fourth-order valence-electron chi connectivity index (χ4n) is 2.65. The lowest BCUT2D eigenvalue weighted by molar-refractivity contribution is 0.276. The maximum Gasteiger partial charge on any atom is 0.201 e. The molecule has 4 heteroatoms. The van der Waals surface area contributed by atoms with Gasteiger partial charge in [0.2, 0.25) is 5.95 Å². The van der Waals surface area contributed by atoms with Crippen molar-refractivity contribution in [2.45, 2.75) is 53.0 Å². The van der Waals surface area contributed by atoms with Crippen LogP contribution in [0.3, 0.4) is 0 Å². The van der Waals surface area contributed by atoms with Crippen LogP contribution in [-0.4, -0.2) is 9.55 Å². The molecule has 1 heterocycles. The molecule has 0 saturated carbocycles. The van der Waals surface area contributed by atoms with E-state index in [1.54, 1.807) is 0 Å². The Bertz CT molecular complexity index is 587. The molecule has 1 aromatic heterocycles. The molecule has 0 aliphatic heterocycles. The van der Waals surface area contributed by atoms with Gasteiger partial charge in [-0.05, 0) is 30.0 Å². The Balaban J connectivity index is 2.22. The lowest BCUT2D eigenvalue weighted by Crippen LogP contribution is -2.20. The number of benzene rings is 1. The van der Waals surface area contributed by atoms with Crippen LogP contribution in [0, 0.1) is 5.41 Å². The standard InChI is InChI=1S/C16H24BrN3/c1-4-5-6-9-16(2,3)11-20-14-8-7-12(17)10-13(14)19-15(20)18/h7-8,10H,4-6,9,11H2,1-3H3,(H2,18,19). The Morgan fingerprint density at radius 2 is 2.05 bits per heavy atom. The number of hydrogen-bond acceptors (Lipinski definition) is 2. The Morgan fingerprint density at radius 1 is 1.30 bits per heavy atom. The molecule has 0 spiro atoms. The van der Waals surface area contributed by atoms with Crippen molar-refractivity contribution in [1.82, 2.24) is 9.55 Å². The van der Waals surface area contributed by atoms with Gasteiger partial charge in [-0.3, -0.25) is 0 Å². The molecule has 0 fully saturated rings. The van der Waals surface area contributed by atoms with E-state index >= 15 is 0 Å². The minimum Gasteiger partial charge on any atom is -0.369 e. The molecule has 1 aromatic carbocycles. The van der Waals surface area contributed by atoms with E-state index in [1.165, 1.54) is 25.7 Å². The third-order valence-corrected chi connectivity index (χ3v) is 4.28. The van der Waals surface area contributed by atoms with Gasteiger partial charge in [0.15, 0.2) is 0 Å². The quantitative estimate of drug-likeness (QED) is 0.754. The van der Waals surface area contributed by atoms with Gasteiger partial charge < -0.3 is 10.3 Å². The molecule has 2 aromatic rings. The molecule has 2 rings (SSSR count). The molecule has 0 radical (unpaired) electrons. The Labute approximate surface area is 129 Å². The zero-order valence-electron chi connectivity index (χ0n) is 12.6. The summed E-state index contributed by atoms with van der Waals surface area (Å²) in [5, 5.41) is 0.